The van der Waals surface area contributed by atoms with Gasteiger partial charge in [-0.3, -0.25) is 0 Å². The molecule has 0 aromatic heterocycles. The van der Waals surface area contributed by atoms with Crippen molar-refractivity contribution in [3.05, 3.63) is 23.3 Å². The largest absolute Gasteiger partial charge is 0.493 e. The quantitative estimate of drug-likeness (QED) is 0.750. The molecule has 1 saturated heterocycles. The molecule has 2 fully saturated rings. The van der Waals surface area contributed by atoms with Gasteiger partial charge in [0.15, 0.2) is 11.5 Å². The van der Waals surface area contributed by atoms with E-state index in [-0.39, 0.29) is 18.1 Å². The van der Waals surface area contributed by atoms with Gasteiger partial charge in [0.1, 0.15) is 6.10 Å². The Hall–Kier alpha value is -1.26. The molecule has 5 unspecified atom stereocenters. The summed E-state index contributed by atoms with van der Waals surface area (Å²) in [5.74, 6) is 1.80. The van der Waals surface area contributed by atoms with Crippen LogP contribution in [0.3, 0.4) is 0 Å². The Morgan fingerprint density at radius 2 is 2.37 bits per heavy atom. The summed E-state index contributed by atoms with van der Waals surface area (Å²) in [6, 6.07) is 4.65. The monoisotopic (exact) mass is 259 g/mol. The lowest BCUT2D eigenvalue weighted by atomic mass is 9.64. The summed E-state index contributed by atoms with van der Waals surface area (Å²) in [6.45, 7) is 0. The highest BCUT2D eigenvalue weighted by Gasteiger charge is 2.66. The molecular formula is C15H17NO3. The maximum atomic E-state index is 11.1. The molecule has 2 aliphatic carbocycles. The summed E-state index contributed by atoms with van der Waals surface area (Å²) >= 11 is 0. The Labute approximate surface area is 111 Å². The van der Waals surface area contributed by atoms with E-state index in [0.29, 0.717) is 6.04 Å². The van der Waals surface area contributed by atoms with E-state index in [0.717, 1.165) is 30.8 Å². The first-order chi connectivity index (χ1) is 9.24. The van der Waals surface area contributed by atoms with Crippen LogP contribution in [0.5, 0.6) is 11.5 Å². The molecule has 2 aliphatic heterocycles. The van der Waals surface area contributed by atoms with Crippen LogP contribution in [0, 0.1) is 0 Å². The molecule has 4 aliphatic rings. The van der Waals surface area contributed by atoms with Gasteiger partial charge in [0, 0.05) is 5.56 Å². The molecule has 1 aromatic rings. The van der Waals surface area contributed by atoms with E-state index >= 15 is 0 Å². The number of hydrogen-bond donors (Lipinski definition) is 2. The van der Waals surface area contributed by atoms with Gasteiger partial charge >= 0.3 is 0 Å². The number of rotatable bonds is 1. The van der Waals surface area contributed by atoms with Crippen molar-refractivity contribution in [3.63, 3.8) is 0 Å². The molecule has 2 N–H and O–H groups in total. The Morgan fingerprint density at radius 1 is 1.47 bits per heavy atom. The van der Waals surface area contributed by atoms with Crippen molar-refractivity contribution in [2.24, 2.45) is 0 Å². The maximum absolute atomic E-state index is 11.1. The highest BCUT2D eigenvalue weighted by molar-refractivity contribution is 5.61. The smallest absolute Gasteiger partial charge is 0.165 e. The Balaban J connectivity index is 1.80. The zero-order valence-corrected chi connectivity index (χ0v) is 10.8. The summed E-state index contributed by atoms with van der Waals surface area (Å²) in [5.41, 5.74) is 1.88. The average Bonchev–Trinajstić information content (AvgIpc) is 3.12. The first kappa shape index (κ1) is 10.5. The molecule has 1 saturated carbocycles. The Morgan fingerprint density at radius 3 is 3.21 bits per heavy atom. The lowest BCUT2D eigenvalue weighted by Crippen LogP contribution is -2.51. The number of methoxy groups -OCH3 is 1. The molecule has 0 radical (unpaired) electrons. The van der Waals surface area contributed by atoms with Crippen molar-refractivity contribution in [2.75, 3.05) is 7.11 Å². The normalized spacial score (nSPS) is 44.1. The van der Waals surface area contributed by atoms with E-state index in [1.54, 1.807) is 7.11 Å². The summed E-state index contributed by atoms with van der Waals surface area (Å²) in [6.07, 6.45) is 3.06. The third kappa shape index (κ3) is 1.05. The van der Waals surface area contributed by atoms with Gasteiger partial charge in [0.05, 0.1) is 30.7 Å². The average molecular weight is 259 g/mol. The minimum absolute atomic E-state index is 0.118. The molecule has 19 heavy (non-hydrogen) atoms. The number of hydrogen-bond acceptors (Lipinski definition) is 4. The van der Waals surface area contributed by atoms with Gasteiger partial charge in [-0.2, -0.15) is 0 Å². The van der Waals surface area contributed by atoms with Crippen LogP contribution in [-0.2, 0) is 0 Å². The van der Waals surface area contributed by atoms with E-state index in [9.17, 15) is 5.11 Å². The minimum atomic E-state index is -0.627. The maximum Gasteiger partial charge on any atom is 0.165 e. The molecule has 5 atom stereocenters. The molecule has 0 amide bonds. The van der Waals surface area contributed by atoms with Crippen molar-refractivity contribution < 1.29 is 14.6 Å². The molecule has 100 valence electrons. The number of fused-ring (bicyclic) bond motifs is 3. The Bertz CT molecular complexity index is 587. The number of ether oxygens (including phenoxy) is 2. The van der Waals surface area contributed by atoms with Crippen molar-refractivity contribution in [1.82, 2.24) is 5.32 Å². The van der Waals surface area contributed by atoms with Crippen LogP contribution < -0.4 is 14.8 Å². The second-order valence-electron chi connectivity index (χ2n) is 6.24. The van der Waals surface area contributed by atoms with Crippen LogP contribution in [0.25, 0.3) is 0 Å². The lowest BCUT2D eigenvalue weighted by Gasteiger charge is -2.42. The molecular weight excluding hydrogens is 242 g/mol. The number of benzene rings is 1. The molecule has 0 bridgehead atoms. The van der Waals surface area contributed by atoms with Crippen molar-refractivity contribution >= 4 is 0 Å². The van der Waals surface area contributed by atoms with Crippen LogP contribution in [0.15, 0.2) is 12.1 Å². The van der Waals surface area contributed by atoms with Gasteiger partial charge < -0.3 is 19.9 Å². The van der Waals surface area contributed by atoms with Crippen molar-refractivity contribution in [2.45, 2.75) is 49.0 Å². The second-order valence-corrected chi connectivity index (χ2v) is 6.24. The molecule has 2 heterocycles. The van der Waals surface area contributed by atoms with Crippen LogP contribution in [0.1, 0.15) is 42.3 Å². The number of nitrogens with one attached hydrogen (secondary N) is 1. The lowest BCUT2D eigenvalue weighted by molar-refractivity contribution is -0.0533. The Kier molecular flexibility index (Phi) is 1.70. The van der Waals surface area contributed by atoms with Gasteiger partial charge in [-0.15, -0.1) is 0 Å². The topological polar surface area (TPSA) is 60.6 Å². The second kappa shape index (κ2) is 3.07. The van der Waals surface area contributed by atoms with Gasteiger partial charge in [-0.05, 0) is 30.9 Å². The fraction of sp³-hybridized carbons (Fsp3) is 0.600. The highest BCUT2D eigenvalue weighted by atomic mass is 16.5. The first-order valence-electron chi connectivity index (χ1n) is 7.10. The molecule has 0 spiro atoms. The van der Waals surface area contributed by atoms with Crippen LogP contribution in [0.4, 0.5) is 0 Å². The summed E-state index contributed by atoms with van der Waals surface area (Å²) in [5, 5.41) is 14.6. The van der Waals surface area contributed by atoms with Crippen molar-refractivity contribution in [3.8, 4) is 11.5 Å². The molecule has 4 nitrogen and oxygen atoms in total. The predicted molar refractivity (Wildman–Crippen MR) is 68.6 cm³/mol. The third-order valence-corrected chi connectivity index (χ3v) is 5.43. The highest BCUT2D eigenvalue weighted by Crippen LogP contribution is 2.63. The van der Waals surface area contributed by atoms with E-state index in [2.05, 4.69) is 11.4 Å². The standard InChI is InChI=1S/C15H17NO3/c1-18-9-5-4-7-10-11-8(19-13(9)10)3-2-6-15(11,17)14-12(7)16-14/h4-5,8,11-12,14,16-17H,2-3,6H2,1H3. The minimum Gasteiger partial charge on any atom is -0.493 e. The molecule has 1 aromatic carbocycles. The van der Waals surface area contributed by atoms with E-state index in [4.69, 9.17) is 9.47 Å². The molecule has 5 rings (SSSR count). The van der Waals surface area contributed by atoms with E-state index < -0.39 is 5.60 Å². The van der Waals surface area contributed by atoms with Gasteiger partial charge in [-0.1, -0.05) is 6.07 Å². The van der Waals surface area contributed by atoms with Crippen molar-refractivity contribution in [1.29, 1.82) is 0 Å². The van der Waals surface area contributed by atoms with Gasteiger partial charge in [0.2, 0.25) is 0 Å². The summed E-state index contributed by atoms with van der Waals surface area (Å²) in [4.78, 5) is 0. The molecule has 4 heteroatoms. The summed E-state index contributed by atoms with van der Waals surface area (Å²) in [7, 11) is 1.68. The van der Waals surface area contributed by atoms with E-state index in [1.807, 2.05) is 6.07 Å². The fourth-order valence-electron chi connectivity index (χ4n) is 4.60. The third-order valence-electron chi connectivity index (χ3n) is 5.43. The van der Waals surface area contributed by atoms with Gasteiger partial charge in [-0.25, -0.2) is 0 Å². The van der Waals surface area contributed by atoms with Crippen LogP contribution in [-0.4, -0.2) is 30.0 Å². The SMILES string of the molecule is COc1ccc2c3c1OC1CCCC(O)(C4NC24)C31. The van der Waals surface area contributed by atoms with Crippen LogP contribution >= 0.6 is 0 Å². The fourth-order valence-corrected chi connectivity index (χ4v) is 4.60. The summed E-state index contributed by atoms with van der Waals surface area (Å²) < 4.78 is 11.6. The number of aliphatic hydroxyl groups is 1. The predicted octanol–water partition coefficient (Wildman–Crippen LogP) is 1.48. The van der Waals surface area contributed by atoms with Crippen LogP contribution in [0.2, 0.25) is 0 Å². The van der Waals surface area contributed by atoms with E-state index in [1.165, 1.54) is 11.1 Å². The first-order valence-corrected chi connectivity index (χ1v) is 7.10. The zero-order valence-electron chi connectivity index (χ0n) is 10.8. The zero-order chi connectivity index (χ0) is 12.8. The van der Waals surface area contributed by atoms with Gasteiger partial charge in [0.25, 0.3) is 0 Å².